The topological polar surface area (TPSA) is 90.0 Å². The van der Waals surface area contributed by atoms with E-state index in [4.69, 9.17) is 9.47 Å². The molecule has 1 aliphatic carbocycles. The number of hydrogen-bond acceptors (Lipinski definition) is 6. The molecule has 30 heavy (non-hydrogen) atoms. The third kappa shape index (κ3) is 6.45. The van der Waals surface area contributed by atoms with Crippen LogP contribution in [0.1, 0.15) is 50.5 Å². The van der Waals surface area contributed by atoms with Crippen molar-refractivity contribution in [2.45, 2.75) is 64.0 Å². The second-order valence-corrected chi connectivity index (χ2v) is 10.5. The molecule has 1 atom stereocenters. The lowest BCUT2D eigenvalue weighted by atomic mass is 10.1. The van der Waals surface area contributed by atoms with Crippen LogP contribution in [0.3, 0.4) is 0 Å². The maximum atomic E-state index is 12.8. The average Bonchev–Trinajstić information content (AvgIpc) is 3.34. The molecule has 8 heteroatoms. The Bertz CT molecular complexity index is 847. The molecule has 1 aliphatic heterocycles. The third-order valence-corrected chi connectivity index (χ3v) is 7.50. The fraction of sp³-hybridized carbons (Fsp3) is 0.636. The number of ether oxygens (including phenoxy) is 2. The van der Waals surface area contributed by atoms with Gasteiger partial charge in [0.1, 0.15) is 5.75 Å². The fourth-order valence-corrected chi connectivity index (χ4v) is 5.99. The Kier molecular flexibility index (Phi) is 7.75. The molecule has 3 rings (SSSR count). The highest BCUT2D eigenvalue weighted by molar-refractivity contribution is 7.91. The molecule has 2 aliphatic rings. The van der Waals surface area contributed by atoms with Gasteiger partial charge in [-0.3, -0.25) is 9.59 Å². The van der Waals surface area contributed by atoms with Gasteiger partial charge in [-0.25, -0.2) is 8.42 Å². The molecular weight excluding hydrogens is 406 g/mol. The first-order valence-corrected chi connectivity index (χ1v) is 12.5. The quantitative estimate of drug-likeness (QED) is 0.436. The van der Waals surface area contributed by atoms with E-state index in [1.54, 1.807) is 4.90 Å². The first-order valence-electron chi connectivity index (χ1n) is 10.7. The molecule has 1 aromatic rings. The van der Waals surface area contributed by atoms with Crippen LogP contribution in [-0.2, 0) is 24.2 Å². The standard InChI is InChI=1S/C22H31NO6S/c1-17-6-4-9-20(14-17)28-12-5-10-22(25)29-15-21(24)23(18-7-2-3-8-18)19-11-13-30(26,27)16-19/h4,6,9,14,18-19H,2-3,5,7-8,10-13,15-16H2,1H3. The number of sulfone groups is 1. The lowest BCUT2D eigenvalue weighted by Gasteiger charge is -2.33. The van der Waals surface area contributed by atoms with E-state index in [0.717, 1.165) is 37.0 Å². The van der Waals surface area contributed by atoms with E-state index in [0.29, 0.717) is 19.4 Å². The SMILES string of the molecule is Cc1cccc(OCCCC(=O)OCC(=O)N(C2CCCC2)C2CCS(=O)(=O)C2)c1. The Balaban J connectivity index is 1.43. The van der Waals surface area contributed by atoms with Gasteiger partial charge in [-0.05, 0) is 50.3 Å². The first-order chi connectivity index (χ1) is 14.3. The number of carbonyl (C=O) groups is 2. The van der Waals surface area contributed by atoms with Crippen molar-refractivity contribution >= 4 is 21.7 Å². The van der Waals surface area contributed by atoms with E-state index < -0.39 is 15.8 Å². The Hall–Kier alpha value is -2.09. The highest BCUT2D eigenvalue weighted by Crippen LogP contribution is 2.29. The number of aryl methyl sites for hydroxylation is 1. The summed E-state index contributed by atoms with van der Waals surface area (Å²) in [5.41, 5.74) is 1.10. The van der Waals surface area contributed by atoms with E-state index in [9.17, 15) is 18.0 Å². The minimum Gasteiger partial charge on any atom is -0.494 e. The van der Waals surface area contributed by atoms with Crippen LogP contribution in [0, 0.1) is 6.92 Å². The first kappa shape index (κ1) is 22.6. The van der Waals surface area contributed by atoms with Crippen molar-refractivity contribution in [3.05, 3.63) is 29.8 Å². The Morgan fingerprint density at radius 2 is 1.90 bits per heavy atom. The van der Waals surface area contributed by atoms with Gasteiger partial charge >= 0.3 is 5.97 Å². The number of carbonyl (C=O) groups excluding carboxylic acids is 2. The highest BCUT2D eigenvalue weighted by atomic mass is 32.2. The van der Waals surface area contributed by atoms with Gasteiger partial charge in [0, 0.05) is 18.5 Å². The molecule has 1 heterocycles. The number of benzene rings is 1. The molecule has 0 aromatic heterocycles. The van der Waals surface area contributed by atoms with E-state index in [-0.39, 0.29) is 42.5 Å². The van der Waals surface area contributed by atoms with Gasteiger partial charge in [-0.1, -0.05) is 25.0 Å². The van der Waals surface area contributed by atoms with Crippen molar-refractivity contribution in [1.29, 1.82) is 0 Å². The molecule has 7 nitrogen and oxygen atoms in total. The fourth-order valence-electron chi connectivity index (χ4n) is 4.28. The van der Waals surface area contributed by atoms with Crippen molar-refractivity contribution < 1.29 is 27.5 Å². The molecule has 1 saturated carbocycles. The molecule has 1 unspecified atom stereocenters. The lowest BCUT2D eigenvalue weighted by molar-refractivity contribution is -0.154. The highest BCUT2D eigenvalue weighted by Gasteiger charge is 2.39. The zero-order valence-electron chi connectivity index (χ0n) is 17.5. The zero-order valence-corrected chi connectivity index (χ0v) is 18.4. The summed E-state index contributed by atoms with van der Waals surface area (Å²) in [6, 6.07) is 7.44. The van der Waals surface area contributed by atoms with Crippen LogP contribution in [0.5, 0.6) is 5.75 Å². The second-order valence-electron chi connectivity index (χ2n) is 8.23. The molecule has 1 aromatic carbocycles. The molecule has 166 valence electrons. The summed E-state index contributed by atoms with van der Waals surface area (Å²) in [4.78, 5) is 26.5. The number of rotatable bonds is 9. The van der Waals surface area contributed by atoms with E-state index in [1.165, 1.54) is 0 Å². The predicted molar refractivity (Wildman–Crippen MR) is 113 cm³/mol. The van der Waals surface area contributed by atoms with Crippen LogP contribution >= 0.6 is 0 Å². The minimum atomic E-state index is -3.09. The smallest absolute Gasteiger partial charge is 0.306 e. The molecule has 1 saturated heterocycles. The van der Waals surface area contributed by atoms with Crippen LogP contribution < -0.4 is 4.74 Å². The van der Waals surface area contributed by atoms with E-state index in [2.05, 4.69) is 0 Å². The van der Waals surface area contributed by atoms with Crippen molar-refractivity contribution in [3.63, 3.8) is 0 Å². The summed E-state index contributed by atoms with van der Waals surface area (Å²) in [6.07, 6.45) is 4.96. The minimum absolute atomic E-state index is 0.0134. The molecule has 0 N–H and O–H groups in total. The average molecular weight is 438 g/mol. The molecule has 0 radical (unpaired) electrons. The van der Waals surface area contributed by atoms with Crippen LogP contribution in [0.2, 0.25) is 0 Å². The number of nitrogens with zero attached hydrogens (tertiary/aromatic N) is 1. The van der Waals surface area contributed by atoms with Crippen molar-refractivity contribution in [2.24, 2.45) is 0 Å². The second kappa shape index (κ2) is 10.3. The third-order valence-electron chi connectivity index (χ3n) is 5.75. The summed E-state index contributed by atoms with van der Waals surface area (Å²) in [5, 5.41) is 0. The summed E-state index contributed by atoms with van der Waals surface area (Å²) in [6.45, 7) is 2.04. The summed E-state index contributed by atoms with van der Waals surface area (Å²) >= 11 is 0. The van der Waals surface area contributed by atoms with Crippen molar-refractivity contribution in [3.8, 4) is 5.75 Å². The van der Waals surface area contributed by atoms with Gasteiger partial charge in [-0.15, -0.1) is 0 Å². The number of esters is 1. The maximum absolute atomic E-state index is 12.8. The lowest BCUT2D eigenvalue weighted by Crippen LogP contribution is -2.48. The maximum Gasteiger partial charge on any atom is 0.306 e. The van der Waals surface area contributed by atoms with E-state index in [1.807, 2.05) is 31.2 Å². The molecule has 0 bridgehead atoms. The van der Waals surface area contributed by atoms with Gasteiger partial charge in [-0.2, -0.15) is 0 Å². The molecule has 0 spiro atoms. The summed E-state index contributed by atoms with van der Waals surface area (Å²) in [5.74, 6) is 0.168. The van der Waals surface area contributed by atoms with Crippen molar-refractivity contribution in [2.75, 3.05) is 24.7 Å². The molecular formula is C22H31NO6S. The van der Waals surface area contributed by atoms with Crippen molar-refractivity contribution in [1.82, 2.24) is 4.90 Å². The van der Waals surface area contributed by atoms with Gasteiger partial charge in [0.15, 0.2) is 16.4 Å². The van der Waals surface area contributed by atoms with Crippen LogP contribution in [0.4, 0.5) is 0 Å². The Morgan fingerprint density at radius 3 is 2.57 bits per heavy atom. The Labute approximate surface area is 178 Å². The van der Waals surface area contributed by atoms with E-state index >= 15 is 0 Å². The molecule has 1 amide bonds. The zero-order chi connectivity index (χ0) is 21.6. The number of amides is 1. The largest absolute Gasteiger partial charge is 0.494 e. The normalized spacial score (nSPS) is 20.8. The number of hydrogen-bond donors (Lipinski definition) is 0. The summed E-state index contributed by atoms with van der Waals surface area (Å²) < 4.78 is 34.6. The van der Waals surface area contributed by atoms with Gasteiger partial charge in [0.2, 0.25) is 0 Å². The molecule has 2 fully saturated rings. The van der Waals surface area contributed by atoms with Crippen LogP contribution in [0.25, 0.3) is 0 Å². The van der Waals surface area contributed by atoms with Gasteiger partial charge < -0.3 is 14.4 Å². The van der Waals surface area contributed by atoms with Gasteiger partial charge in [0.05, 0.1) is 18.1 Å². The van der Waals surface area contributed by atoms with Crippen LogP contribution in [0.15, 0.2) is 24.3 Å². The summed E-state index contributed by atoms with van der Waals surface area (Å²) in [7, 11) is -3.09. The van der Waals surface area contributed by atoms with Crippen LogP contribution in [-0.4, -0.2) is 62.0 Å². The monoisotopic (exact) mass is 437 g/mol. The van der Waals surface area contributed by atoms with Gasteiger partial charge in [0.25, 0.3) is 5.91 Å². The Morgan fingerprint density at radius 1 is 1.13 bits per heavy atom. The predicted octanol–water partition coefficient (Wildman–Crippen LogP) is 2.66.